The van der Waals surface area contributed by atoms with Crippen LogP contribution < -0.4 is 19.8 Å². The van der Waals surface area contributed by atoms with E-state index in [2.05, 4.69) is 165 Å². The lowest BCUT2D eigenvalue weighted by atomic mass is 10.1. The Morgan fingerprint density at radius 3 is 0.889 bits per heavy atom. The van der Waals surface area contributed by atoms with Gasteiger partial charge in [0.1, 0.15) is 0 Å². The van der Waals surface area contributed by atoms with Gasteiger partial charge in [0, 0.05) is 22.5 Å². The van der Waals surface area contributed by atoms with E-state index in [0.29, 0.717) is 0 Å². The van der Waals surface area contributed by atoms with Crippen molar-refractivity contribution in [3.63, 3.8) is 0 Å². The molecule has 2 heterocycles. The summed E-state index contributed by atoms with van der Waals surface area (Å²) < 4.78 is 0. The molecule has 6 aromatic carbocycles. The first-order valence-electron chi connectivity index (χ1n) is 15.0. The number of rotatable bonds is 6. The van der Waals surface area contributed by atoms with Crippen LogP contribution in [0.1, 0.15) is 11.1 Å². The van der Waals surface area contributed by atoms with Gasteiger partial charge in [-0.15, -0.1) is 10.2 Å². The molecule has 0 atom stereocenters. The molecule has 8 rings (SSSR count). The molecule has 1 spiro atoms. The number of para-hydroxylation sites is 4. The number of amidine groups is 2. The molecule has 0 unspecified atom stereocenters. The van der Waals surface area contributed by atoms with Crippen LogP contribution in [0.4, 0.5) is 22.7 Å². The third-order valence-electron chi connectivity index (χ3n) is 8.08. The fraction of sp³-hybridized carbons (Fsp3) is 0.0256. The minimum Gasteiger partial charge on any atom is -0.261 e. The molecule has 2 aliphatic heterocycles. The van der Waals surface area contributed by atoms with E-state index >= 15 is 0 Å². The van der Waals surface area contributed by atoms with Crippen molar-refractivity contribution in [3.8, 4) is 0 Å². The van der Waals surface area contributed by atoms with Gasteiger partial charge in [-0.05, 0) is 48.5 Å². The molecule has 216 valence electrons. The molecule has 0 amide bonds. The molecule has 6 aromatic rings. The van der Waals surface area contributed by atoms with E-state index in [9.17, 15) is 0 Å². The quantitative estimate of drug-likeness (QED) is 0.198. The first-order chi connectivity index (χ1) is 22.4. The van der Waals surface area contributed by atoms with Crippen molar-refractivity contribution in [1.82, 2.24) is 0 Å². The van der Waals surface area contributed by atoms with Crippen LogP contribution in [-0.2, 0) is 0 Å². The molecule has 2 aliphatic rings. The highest BCUT2D eigenvalue weighted by Gasteiger charge is 2.64. The zero-order valence-corrected chi connectivity index (χ0v) is 24.5. The summed E-state index contributed by atoms with van der Waals surface area (Å²) in [6, 6.07) is 62.4. The number of benzene rings is 6. The molecule has 0 saturated heterocycles. The standard InChI is InChI=1S/C39H30N6/c1-7-19-31(20-8-1)37-40-44(35-27-15-5-16-28-35)39(42(37)33-23-11-3-12-24-33)43(34-25-13-4-14-26-34)38(32-21-9-2-10-22-32)41-45(39)36-29-17-6-18-30-36/h1-30H. The van der Waals surface area contributed by atoms with Gasteiger partial charge in [0.15, 0.2) is 11.7 Å². The van der Waals surface area contributed by atoms with Crippen molar-refractivity contribution >= 4 is 34.4 Å². The third kappa shape index (κ3) is 4.34. The summed E-state index contributed by atoms with van der Waals surface area (Å²) in [6.45, 7) is 0. The maximum Gasteiger partial charge on any atom is 0.328 e. The van der Waals surface area contributed by atoms with Crippen LogP contribution in [0, 0.1) is 0 Å². The fourth-order valence-electron chi connectivity index (χ4n) is 6.16. The van der Waals surface area contributed by atoms with Crippen LogP contribution in [0.15, 0.2) is 192 Å². The van der Waals surface area contributed by atoms with Gasteiger partial charge in [-0.3, -0.25) is 9.80 Å². The number of hydrogen-bond acceptors (Lipinski definition) is 6. The van der Waals surface area contributed by atoms with E-state index in [0.717, 1.165) is 45.5 Å². The number of hydrazone groups is 2. The average Bonchev–Trinajstić information content (AvgIpc) is 3.67. The predicted molar refractivity (Wildman–Crippen MR) is 184 cm³/mol. The van der Waals surface area contributed by atoms with Crippen molar-refractivity contribution in [3.05, 3.63) is 193 Å². The highest BCUT2D eigenvalue weighted by molar-refractivity contribution is 6.20. The fourth-order valence-corrected chi connectivity index (χ4v) is 6.16. The monoisotopic (exact) mass is 582 g/mol. The Morgan fingerprint density at radius 2 is 0.578 bits per heavy atom. The van der Waals surface area contributed by atoms with E-state index in [1.165, 1.54) is 0 Å². The molecule has 0 N–H and O–H groups in total. The van der Waals surface area contributed by atoms with Crippen LogP contribution >= 0.6 is 0 Å². The van der Waals surface area contributed by atoms with Crippen LogP contribution in [0.2, 0.25) is 0 Å². The summed E-state index contributed by atoms with van der Waals surface area (Å²) in [6.07, 6.45) is 0. The van der Waals surface area contributed by atoms with Crippen LogP contribution in [-0.4, -0.2) is 17.6 Å². The summed E-state index contributed by atoms with van der Waals surface area (Å²) in [5.74, 6) is 0.455. The van der Waals surface area contributed by atoms with Gasteiger partial charge in [0.25, 0.3) is 0 Å². The Morgan fingerprint density at radius 1 is 0.311 bits per heavy atom. The first-order valence-corrected chi connectivity index (χ1v) is 15.0. The molecule has 6 nitrogen and oxygen atoms in total. The Bertz CT molecular complexity index is 1800. The zero-order chi connectivity index (χ0) is 30.1. The van der Waals surface area contributed by atoms with Gasteiger partial charge in [0.05, 0.1) is 11.4 Å². The summed E-state index contributed by atoms with van der Waals surface area (Å²) in [4.78, 5) is 4.63. The normalized spacial score (nSPS) is 15.4. The Hall–Kier alpha value is -6.14. The van der Waals surface area contributed by atoms with E-state index in [1.807, 2.05) is 36.4 Å². The highest BCUT2D eigenvalue weighted by atomic mass is 15.9. The van der Waals surface area contributed by atoms with E-state index in [-0.39, 0.29) is 0 Å². The number of nitrogens with zero attached hydrogens (tertiary/aromatic N) is 6. The van der Waals surface area contributed by atoms with E-state index < -0.39 is 5.91 Å². The molecule has 6 heteroatoms. The average molecular weight is 583 g/mol. The van der Waals surface area contributed by atoms with Crippen molar-refractivity contribution in [2.75, 3.05) is 19.8 Å². The largest absolute Gasteiger partial charge is 0.328 e. The van der Waals surface area contributed by atoms with Crippen molar-refractivity contribution in [2.45, 2.75) is 5.91 Å². The summed E-state index contributed by atoms with van der Waals surface area (Å²) in [5, 5.41) is 15.3. The van der Waals surface area contributed by atoms with E-state index in [1.54, 1.807) is 0 Å². The zero-order valence-electron chi connectivity index (χ0n) is 24.5. The molecule has 0 radical (unpaired) electrons. The lowest BCUT2D eigenvalue weighted by Crippen LogP contribution is -2.73. The number of anilines is 4. The van der Waals surface area contributed by atoms with Crippen molar-refractivity contribution in [1.29, 1.82) is 0 Å². The molecule has 0 bridgehead atoms. The van der Waals surface area contributed by atoms with Crippen molar-refractivity contribution < 1.29 is 0 Å². The molecule has 0 fully saturated rings. The number of hydrogen-bond donors (Lipinski definition) is 0. The third-order valence-corrected chi connectivity index (χ3v) is 8.08. The molecular formula is C39H30N6. The second kappa shape index (κ2) is 11.2. The lowest BCUT2D eigenvalue weighted by Gasteiger charge is -2.50. The minimum atomic E-state index is -1.15. The van der Waals surface area contributed by atoms with Crippen molar-refractivity contribution in [2.24, 2.45) is 10.2 Å². The summed E-state index contributed by atoms with van der Waals surface area (Å²) >= 11 is 0. The predicted octanol–water partition coefficient (Wildman–Crippen LogP) is 8.37. The molecule has 45 heavy (non-hydrogen) atoms. The van der Waals surface area contributed by atoms with Crippen LogP contribution in [0.5, 0.6) is 0 Å². The van der Waals surface area contributed by atoms with Gasteiger partial charge >= 0.3 is 5.91 Å². The summed E-state index contributed by atoms with van der Waals surface area (Å²) in [5.41, 5.74) is 5.79. The Labute approximate surface area is 263 Å². The lowest BCUT2D eigenvalue weighted by molar-refractivity contribution is 0.439. The summed E-state index contributed by atoms with van der Waals surface area (Å²) in [7, 11) is 0. The minimum absolute atomic E-state index is 0.803. The first kappa shape index (κ1) is 26.5. The topological polar surface area (TPSA) is 37.7 Å². The smallest absolute Gasteiger partial charge is 0.261 e. The molecule has 0 aliphatic carbocycles. The molecular weight excluding hydrogens is 552 g/mol. The van der Waals surface area contributed by atoms with Crippen LogP contribution in [0.25, 0.3) is 0 Å². The van der Waals surface area contributed by atoms with E-state index in [4.69, 9.17) is 10.2 Å². The SMILES string of the molecule is c1ccc(C2=NN(c3ccccc3)C3(N(c4ccccc4)N=C(c4ccccc4)N3c3ccccc3)N2c2ccccc2)cc1. The second-order valence-electron chi connectivity index (χ2n) is 10.8. The van der Waals surface area contributed by atoms with Gasteiger partial charge in [-0.2, -0.15) is 10.0 Å². The maximum absolute atomic E-state index is 5.52. The van der Waals surface area contributed by atoms with Gasteiger partial charge < -0.3 is 0 Å². The maximum atomic E-state index is 5.52. The van der Waals surface area contributed by atoms with Gasteiger partial charge in [0.2, 0.25) is 0 Å². The molecule has 0 aromatic heterocycles. The van der Waals surface area contributed by atoms with Crippen LogP contribution in [0.3, 0.4) is 0 Å². The highest BCUT2D eigenvalue weighted by Crippen LogP contribution is 2.49. The van der Waals surface area contributed by atoms with Gasteiger partial charge in [-0.25, -0.2) is 0 Å². The molecule has 0 saturated carbocycles. The Balaban J connectivity index is 1.51. The second-order valence-corrected chi connectivity index (χ2v) is 10.8. The van der Waals surface area contributed by atoms with Gasteiger partial charge in [-0.1, -0.05) is 133 Å². The Kier molecular flexibility index (Phi) is 6.57.